The highest BCUT2D eigenvalue weighted by molar-refractivity contribution is 5.85. The first-order valence-corrected chi connectivity index (χ1v) is 6.96. The van der Waals surface area contributed by atoms with E-state index in [0.717, 1.165) is 12.8 Å². The number of nitrogens with zero attached hydrogens (tertiary/aromatic N) is 1. The van der Waals surface area contributed by atoms with Crippen molar-refractivity contribution in [1.29, 1.82) is 0 Å². The molecule has 0 saturated heterocycles. The van der Waals surface area contributed by atoms with E-state index in [4.69, 9.17) is 5.73 Å². The summed E-state index contributed by atoms with van der Waals surface area (Å²) in [5, 5.41) is 16.6. The van der Waals surface area contributed by atoms with Gasteiger partial charge in [0, 0.05) is 12.6 Å². The van der Waals surface area contributed by atoms with Gasteiger partial charge in [0.15, 0.2) is 0 Å². The zero-order valence-electron chi connectivity index (χ0n) is 12.8. The number of amides is 1. The summed E-state index contributed by atoms with van der Waals surface area (Å²) in [5.41, 5.74) is 5.58. The van der Waals surface area contributed by atoms with Crippen LogP contribution in [-0.4, -0.2) is 29.5 Å². The number of benzene rings is 1. The number of nitro groups is 1. The number of rotatable bonds is 8. The maximum absolute atomic E-state index is 12.0. The van der Waals surface area contributed by atoms with Crippen LogP contribution in [0.15, 0.2) is 24.3 Å². The highest BCUT2D eigenvalue weighted by Gasteiger charge is 2.26. The summed E-state index contributed by atoms with van der Waals surface area (Å²) in [7, 11) is 0. The monoisotopic (exact) mass is 330 g/mol. The number of hydrogen-bond donors (Lipinski definition) is 3. The number of para-hydroxylation sites is 2. The lowest BCUT2D eigenvalue weighted by Crippen LogP contribution is -2.54. The van der Waals surface area contributed by atoms with Gasteiger partial charge in [-0.1, -0.05) is 26.0 Å². The number of nitro benzene ring substituents is 1. The largest absolute Gasteiger partial charge is 0.371 e. The maximum atomic E-state index is 12.0. The van der Waals surface area contributed by atoms with Gasteiger partial charge >= 0.3 is 0 Å². The lowest BCUT2D eigenvalue weighted by molar-refractivity contribution is -0.383. The number of anilines is 1. The van der Waals surface area contributed by atoms with Crippen LogP contribution in [0.1, 0.15) is 26.7 Å². The molecule has 0 spiro atoms. The molecule has 0 atom stereocenters. The maximum Gasteiger partial charge on any atom is 0.292 e. The molecule has 0 unspecified atom stereocenters. The molecule has 1 aromatic carbocycles. The zero-order chi connectivity index (χ0) is 15.9. The molecule has 4 N–H and O–H groups in total. The van der Waals surface area contributed by atoms with Gasteiger partial charge in [-0.3, -0.25) is 14.9 Å². The van der Waals surface area contributed by atoms with E-state index in [1.54, 1.807) is 18.2 Å². The van der Waals surface area contributed by atoms with Gasteiger partial charge in [-0.25, -0.2) is 0 Å². The van der Waals surface area contributed by atoms with Crippen molar-refractivity contribution >= 4 is 29.7 Å². The van der Waals surface area contributed by atoms with E-state index >= 15 is 0 Å². The summed E-state index contributed by atoms with van der Waals surface area (Å²) in [6, 6.07) is 6.22. The predicted molar refractivity (Wildman–Crippen MR) is 89.3 cm³/mol. The third-order valence-electron chi connectivity index (χ3n) is 3.69. The minimum Gasteiger partial charge on any atom is -0.371 e. The van der Waals surface area contributed by atoms with E-state index in [1.165, 1.54) is 6.07 Å². The van der Waals surface area contributed by atoms with E-state index in [9.17, 15) is 14.9 Å². The Morgan fingerprint density at radius 2 is 1.91 bits per heavy atom. The zero-order valence-corrected chi connectivity index (χ0v) is 13.6. The fourth-order valence-corrected chi connectivity index (χ4v) is 2.06. The van der Waals surface area contributed by atoms with Gasteiger partial charge in [0.1, 0.15) is 5.69 Å². The Kier molecular flexibility index (Phi) is 8.44. The molecule has 8 heteroatoms. The van der Waals surface area contributed by atoms with Gasteiger partial charge in [0.05, 0.1) is 17.0 Å². The molecule has 1 aromatic rings. The molecule has 1 rings (SSSR count). The van der Waals surface area contributed by atoms with Gasteiger partial charge in [-0.2, -0.15) is 0 Å². The van der Waals surface area contributed by atoms with Gasteiger partial charge in [-0.05, 0) is 18.9 Å². The average Bonchev–Trinajstić information content (AvgIpc) is 2.51. The summed E-state index contributed by atoms with van der Waals surface area (Å²) >= 11 is 0. The molecule has 22 heavy (non-hydrogen) atoms. The van der Waals surface area contributed by atoms with E-state index < -0.39 is 10.5 Å². The fraction of sp³-hybridized carbons (Fsp3) is 0.500. The van der Waals surface area contributed by atoms with Crippen molar-refractivity contribution in [2.75, 3.05) is 18.4 Å². The molecule has 0 radical (unpaired) electrons. The lowest BCUT2D eigenvalue weighted by atomic mass is 9.93. The molecule has 0 aliphatic rings. The van der Waals surface area contributed by atoms with Crippen molar-refractivity contribution < 1.29 is 9.72 Å². The minimum absolute atomic E-state index is 0. The minimum atomic E-state index is -0.484. The Hall–Kier alpha value is -1.86. The molecule has 0 aliphatic carbocycles. The summed E-state index contributed by atoms with van der Waals surface area (Å²) < 4.78 is 0. The Morgan fingerprint density at radius 1 is 1.32 bits per heavy atom. The molecular weight excluding hydrogens is 308 g/mol. The SMILES string of the molecule is CCC(CC)(CN)NC(=O)CNc1ccccc1[N+](=O)[O-].Cl. The normalized spacial score (nSPS) is 10.5. The summed E-state index contributed by atoms with van der Waals surface area (Å²) in [4.78, 5) is 22.4. The molecular formula is C14H23ClN4O3. The summed E-state index contributed by atoms with van der Waals surface area (Å²) in [6.45, 7) is 4.25. The highest BCUT2D eigenvalue weighted by atomic mass is 35.5. The topological polar surface area (TPSA) is 110 Å². The molecule has 7 nitrogen and oxygen atoms in total. The molecule has 0 fully saturated rings. The lowest BCUT2D eigenvalue weighted by Gasteiger charge is -2.31. The second-order valence-electron chi connectivity index (χ2n) is 4.87. The second kappa shape index (κ2) is 9.22. The van der Waals surface area contributed by atoms with Crippen LogP contribution in [0.4, 0.5) is 11.4 Å². The number of halogens is 1. The second-order valence-corrected chi connectivity index (χ2v) is 4.87. The molecule has 0 bridgehead atoms. The van der Waals surface area contributed by atoms with E-state index in [1.807, 2.05) is 13.8 Å². The van der Waals surface area contributed by atoms with Crippen LogP contribution in [0, 0.1) is 10.1 Å². The molecule has 0 saturated carbocycles. The van der Waals surface area contributed by atoms with Crippen LogP contribution in [0.2, 0.25) is 0 Å². The molecule has 0 aliphatic heterocycles. The number of hydrogen-bond acceptors (Lipinski definition) is 5. The van der Waals surface area contributed by atoms with Crippen LogP contribution >= 0.6 is 12.4 Å². The van der Waals surface area contributed by atoms with Crippen molar-refractivity contribution in [1.82, 2.24) is 5.32 Å². The molecule has 0 aromatic heterocycles. The van der Waals surface area contributed by atoms with Crippen LogP contribution < -0.4 is 16.4 Å². The van der Waals surface area contributed by atoms with Crippen molar-refractivity contribution in [2.45, 2.75) is 32.2 Å². The van der Waals surface area contributed by atoms with Crippen molar-refractivity contribution in [3.8, 4) is 0 Å². The van der Waals surface area contributed by atoms with Crippen LogP contribution in [-0.2, 0) is 4.79 Å². The summed E-state index contributed by atoms with van der Waals surface area (Å²) in [6.07, 6.45) is 1.47. The fourth-order valence-electron chi connectivity index (χ4n) is 2.06. The number of nitrogens with one attached hydrogen (secondary N) is 2. The first-order valence-electron chi connectivity index (χ1n) is 6.96. The number of carbonyl (C=O) groups is 1. The average molecular weight is 331 g/mol. The van der Waals surface area contributed by atoms with Crippen molar-refractivity contribution in [3.05, 3.63) is 34.4 Å². The third kappa shape index (κ3) is 5.16. The van der Waals surface area contributed by atoms with Crippen LogP contribution in [0.5, 0.6) is 0 Å². The van der Waals surface area contributed by atoms with Gasteiger partial charge in [0.25, 0.3) is 5.69 Å². The van der Waals surface area contributed by atoms with E-state index in [-0.39, 0.29) is 30.5 Å². The van der Waals surface area contributed by atoms with Crippen LogP contribution in [0.25, 0.3) is 0 Å². The number of nitrogens with two attached hydrogens (primary N) is 1. The molecule has 1 amide bonds. The van der Waals surface area contributed by atoms with Gasteiger partial charge < -0.3 is 16.4 Å². The first-order chi connectivity index (χ1) is 9.98. The molecule has 124 valence electrons. The smallest absolute Gasteiger partial charge is 0.292 e. The van der Waals surface area contributed by atoms with Gasteiger partial charge in [0.2, 0.25) is 5.91 Å². The van der Waals surface area contributed by atoms with E-state index in [0.29, 0.717) is 12.2 Å². The quantitative estimate of drug-likeness (QED) is 0.499. The molecule has 0 heterocycles. The highest BCUT2D eigenvalue weighted by Crippen LogP contribution is 2.22. The van der Waals surface area contributed by atoms with Crippen molar-refractivity contribution in [2.24, 2.45) is 5.73 Å². The van der Waals surface area contributed by atoms with E-state index in [2.05, 4.69) is 10.6 Å². The summed E-state index contributed by atoms with van der Waals surface area (Å²) in [5.74, 6) is -0.234. The standard InChI is InChI=1S/C14H22N4O3.ClH/c1-3-14(4-2,10-15)17-13(19)9-16-11-7-5-6-8-12(11)18(20)21;/h5-8,16H,3-4,9-10,15H2,1-2H3,(H,17,19);1H. The Bertz CT molecular complexity index is 498. The van der Waals surface area contributed by atoms with Gasteiger partial charge in [-0.15, -0.1) is 12.4 Å². The predicted octanol–water partition coefficient (Wildman–Crippen LogP) is 2.06. The van der Waals surface area contributed by atoms with Crippen molar-refractivity contribution in [3.63, 3.8) is 0 Å². The van der Waals surface area contributed by atoms with Crippen LogP contribution in [0.3, 0.4) is 0 Å². The Balaban J connectivity index is 0.00000441. The Morgan fingerprint density at radius 3 is 2.41 bits per heavy atom. The first kappa shape index (κ1) is 20.1. The number of carbonyl (C=O) groups excluding carboxylic acids is 1. The Labute approximate surface area is 136 Å². The third-order valence-corrected chi connectivity index (χ3v) is 3.69.